The van der Waals surface area contributed by atoms with Gasteiger partial charge in [0, 0.05) is 25.9 Å². The number of aliphatic hydroxyl groups is 2. The van der Waals surface area contributed by atoms with Gasteiger partial charge in [0.1, 0.15) is 30.5 Å². The van der Waals surface area contributed by atoms with E-state index < -0.39 is 96.0 Å². The van der Waals surface area contributed by atoms with Gasteiger partial charge in [-0.1, -0.05) is 0 Å². The molecule has 0 aromatic carbocycles. The van der Waals surface area contributed by atoms with Crippen LogP contribution in [-0.2, 0) is 38.1 Å². The van der Waals surface area contributed by atoms with Gasteiger partial charge in [0.05, 0.1) is 0 Å². The second-order valence-electron chi connectivity index (χ2n) is 9.88. The minimum atomic E-state index is -1.90. The number of nitrogens with zero attached hydrogens (tertiary/aromatic N) is 1. The van der Waals surface area contributed by atoms with Crippen molar-refractivity contribution in [1.82, 2.24) is 20.2 Å². The number of hydrogen-bond acceptors (Lipinski definition) is 13. The van der Waals surface area contributed by atoms with Crippen LogP contribution in [0.1, 0.15) is 25.5 Å². The second-order valence-corrected chi connectivity index (χ2v) is 9.88. The van der Waals surface area contributed by atoms with E-state index in [4.69, 9.17) is 35.2 Å². The molecule has 19 heteroatoms. The first-order valence-corrected chi connectivity index (χ1v) is 13.1. The van der Waals surface area contributed by atoms with Crippen molar-refractivity contribution in [2.75, 3.05) is 13.7 Å². The van der Waals surface area contributed by atoms with Crippen molar-refractivity contribution in [1.29, 1.82) is 0 Å². The zero-order chi connectivity index (χ0) is 31.4. The summed E-state index contributed by atoms with van der Waals surface area (Å²) in [6.07, 6.45) is -10.9. The Labute approximate surface area is 242 Å². The van der Waals surface area contributed by atoms with E-state index in [1.807, 2.05) is 4.98 Å². The average molecular weight is 613 g/mol. The zero-order valence-electron chi connectivity index (χ0n) is 22.7. The number of carbonyl (C=O) groups is 4. The summed E-state index contributed by atoms with van der Waals surface area (Å²) in [6.45, 7) is 0.453. The van der Waals surface area contributed by atoms with Gasteiger partial charge in [0.15, 0.2) is 24.2 Å². The molecule has 5 unspecified atom stereocenters. The number of amides is 4. The summed E-state index contributed by atoms with van der Waals surface area (Å²) >= 11 is 0. The van der Waals surface area contributed by atoms with Gasteiger partial charge >= 0.3 is 11.8 Å². The number of carbonyl (C=O) groups excluding carboxylic acids is 4. The van der Waals surface area contributed by atoms with Crippen LogP contribution in [0.15, 0.2) is 33.7 Å². The fourth-order valence-electron chi connectivity index (χ4n) is 4.93. The number of aliphatic hydroxyl groups excluding tert-OH is 2. The smallest absolute Gasteiger partial charge is 0.405 e. The Morgan fingerprint density at radius 2 is 1.91 bits per heavy atom. The van der Waals surface area contributed by atoms with Crippen molar-refractivity contribution in [3.8, 4) is 0 Å². The third kappa shape index (κ3) is 7.03. The highest BCUT2D eigenvalue weighted by atomic mass is 16.7. The van der Waals surface area contributed by atoms with Gasteiger partial charge in [0.2, 0.25) is 18.1 Å². The van der Waals surface area contributed by atoms with Gasteiger partial charge in [-0.25, -0.2) is 9.59 Å². The third-order valence-electron chi connectivity index (χ3n) is 6.99. The molecule has 9 atom stereocenters. The molecule has 0 spiro atoms. The maximum atomic E-state index is 12.9. The molecule has 0 bridgehead atoms. The lowest BCUT2D eigenvalue weighted by molar-refractivity contribution is -0.241. The number of hydrogen-bond donors (Lipinski definition) is 7. The summed E-state index contributed by atoms with van der Waals surface area (Å²) < 4.78 is 28.2. The monoisotopic (exact) mass is 612 g/mol. The van der Waals surface area contributed by atoms with Crippen LogP contribution in [-0.4, -0.2) is 106 Å². The lowest BCUT2D eigenvalue weighted by atomic mass is 10.0. The lowest BCUT2D eigenvalue weighted by Crippen LogP contribution is -2.54. The van der Waals surface area contributed by atoms with Gasteiger partial charge < -0.3 is 56.0 Å². The van der Waals surface area contributed by atoms with Crippen molar-refractivity contribution in [2.24, 2.45) is 11.5 Å². The minimum absolute atomic E-state index is 0.352. The fourth-order valence-corrected chi connectivity index (χ4v) is 4.93. The molecule has 0 aliphatic carbocycles. The van der Waals surface area contributed by atoms with Crippen molar-refractivity contribution in [2.45, 2.75) is 74.4 Å². The molecule has 1 aromatic heterocycles. The van der Waals surface area contributed by atoms with Crippen molar-refractivity contribution >= 4 is 23.8 Å². The summed E-state index contributed by atoms with van der Waals surface area (Å²) in [5.41, 5.74) is 9.06. The summed E-state index contributed by atoms with van der Waals surface area (Å²) in [5, 5.41) is 26.1. The van der Waals surface area contributed by atoms with Crippen LogP contribution in [0.25, 0.3) is 0 Å². The number of aromatic nitrogens is 2. The number of ether oxygens (including phenoxy) is 5. The predicted molar refractivity (Wildman–Crippen MR) is 138 cm³/mol. The van der Waals surface area contributed by atoms with E-state index in [9.17, 15) is 39.0 Å². The SMILES string of the molecule is CO[C@H]1[C@@H](OC(N)=O)[C@H](n2ccc(=O)[nH]c2=O)O[C@@H]1C(OC1OC(C(=O)NC2CCCCNC2=O)=CC(O)C1O)C(N)=O. The van der Waals surface area contributed by atoms with E-state index in [0.717, 1.165) is 36.4 Å². The maximum absolute atomic E-state index is 12.9. The molecule has 2 saturated heterocycles. The van der Waals surface area contributed by atoms with Gasteiger partial charge in [-0.05, 0) is 25.3 Å². The van der Waals surface area contributed by atoms with Gasteiger partial charge in [0.25, 0.3) is 11.5 Å². The van der Waals surface area contributed by atoms with Crippen molar-refractivity contribution in [3.05, 3.63) is 44.9 Å². The number of aromatic amines is 1. The Balaban J connectivity index is 1.58. The minimum Gasteiger partial charge on any atom is -0.456 e. The molecule has 43 heavy (non-hydrogen) atoms. The van der Waals surface area contributed by atoms with E-state index in [1.165, 1.54) is 0 Å². The summed E-state index contributed by atoms with van der Waals surface area (Å²) in [5.74, 6) is -3.04. The predicted octanol–water partition coefficient (Wildman–Crippen LogP) is -4.47. The molecule has 3 aliphatic rings. The van der Waals surface area contributed by atoms with E-state index in [-0.39, 0.29) is 0 Å². The lowest BCUT2D eigenvalue weighted by Gasteiger charge is -2.35. The van der Waals surface area contributed by atoms with E-state index in [2.05, 4.69) is 10.6 Å². The van der Waals surface area contributed by atoms with E-state index >= 15 is 0 Å². The molecule has 0 radical (unpaired) electrons. The number of H-pyrrole nitrogens is 1. The molecule has 19 nitrogen and oxygen atoms in total. The second kappa shape index (κ2) is 13.3. The van der Waals surface area contributed by atoms with Crippen molar-refractivity contribution < 1.29 is 53.1 Å². The summed E-state index contributed by atoms with van der Waals surface area (Å²) in [7, 11) is 1.15. The highest BCUT2D eigenvalue weighted by molar-refractivity contribution is 5.95. The first-order valence-electron chi connectivity index (χ1n) is 13.1. The van der Waals surface area contributed by atoms with E-state index in [1.54, 1.807) is 0 Å². The highest BCUT2D eigenvalue weighted by Gasteiger charge is 2.54. The molecule has 3 aliphatic heterocycles. The van der Waals surface area contributed by atoms with E-state index in [0.29, 0.717) is 19.4 Å². The van der Waals surface area contributed by atoms with Gasteiger partial charge in [-0.2, -0.15) is 0 Å². The molecule has 4 amide bonds. The highest BCUT2D eigenvalue weighted by Crippen LogP contribution is 2.36. The molecule has 0 saturated carbocycles. The maximum Gasteiger partial charge on any atom is 0.405 e. The topological polar surface area (TPSA) is 286 Å². The molecule has 4 heterocycles. The Bertz CT molecular complexity index is 1380. The quantitative estimate of drug-likeness (QED) is 0.139. The number of primary amides is 2. The molecule has 2 fully saturated rings. The Morgan fingerprint density at radius 3 is 2.56 bits per heavy atom. The van der Waals surface area contributed by atoms with Crippen LogP contribution in [0.4, 0.5) is 4.79 Å². The van der Waals surface area contributed by atoms with Crippen LogP contribution in [0.2, 0.25) is 0 Å². The molecule has 236 valence electrons. The normalized spacial score (nSPS) is 31.5. The Hall–Kier alpha value is -4.30. The molecule has 4 rings (SSSR count). The first kappa shape index (κ1) is 31.6. The number of nitrogens with one attached hydrogen (secondary N) is 3. The average Bonchev–Trinajstić information content (AvgIpc) is 3.15. The molecule has 9 N–H and O–H groups in total. The van der Waals surface area contributed by atoms with Gasteiger partial charge in [-0.3, -0.25) is 28.7 Å². The summed E-state index contributed by atoms with van der Waals surface area (Å²) in [4.78, 5) is 75.5. The molecule has 1 aromatic rings. The number of methoxy groups -OCH3 is 1. The van der Waals surface area contributed by atoms with Gasteiger partial charge in [-0.15, -0.1) is 0 Å². The van der Waals surface area contributed by atoms with Crippen LogP contribution < -0.4 is 33.3 Å². The number of rotatable bonds is 9. The Kier molecular flexibility index (Phi) is 9.81. The fraction of sp³-hybridized carbons (Fsp3) is 0.583. The Morgan fingerprint density at radius 1 is 1.16 bits per heavy atom. The van der Waals surface area contributed by atoms with Crippen LogP contribution >= 0.6 is 0 Å². The standard InChI is InChI=1S/C24H32N6O13/c1-39-14-15(41-21(17(14)43-23(26)37)30-7-5-12(32)29-24(30)38)16(18(25)34)42-22-13(33)10(31)8-11(40-22)20(36)28-9-4-2-3-6-27-19(9)35/h5,7-10,13-17,21-22,31,33H,2-4,6H2,1H3,(H2,25,34)(H2,26,37)(H,27,35)(H,28,36)(H,29,32,38)/t9?,10?,13?,14-,15+,16?,17-,21-,22?/m1/s1. The van der Waals surface area contributed by atoms with Crippen LogP contribution in [0.3, 0.4) is 0 Å². The summed E-state index contributed by atoms with van der Waals surface area (Å²) in [6, 6.07) is 0.0974. The molecular formula is C24H32N6O13. The zero-order valence-corrected chi connectivity index (χ0v) is 22.7. The van der Waals surface area contributed by atoms with Crippen LogP contribution in [0.5, 0.6) is 0 Å². The number of nitrogens with two attached hydrogens (primary N) is 2. The first-order chi connectivity index (χ1) is 20.4. The van der Waals surface area contributed by atoms with Crippen LogP contribution in [0, 0.1) is 0 Å². The largest absolute Gasteiger partial charge is 0.456 e. The van der Waals surface area contributed by atoms with Crippen molar-refractivity contribution in [3.63, 3.8) is 0 Å². The molecular weight excluding hydrogens is 580 g/mol. The third-order valence-corrected chi connectivity index (χ3v) is 6.99.